The van der Waals surface area contributed by atoms with Crippen molar-refractivity contribution in [3.63, 3.8) is 0 Å². The van der Waals surface area contributed by atoms with Gasteiger partial charge in [0.05, 0.1) is 20.0 Å². The first-order valence-corrected chi connectivity index (χ1v) is 9.45. The second-order valence-corrected chi connectivity index (χ2v) is 6.86. The minimum absolute atomic E-state index is 0.00903. The zero-order valence-electron chi connectivity index (χ0n) is 15.3. The molecule has 0 aliphatic heterocycles. The van der Waals surface area contributed by atoms with Crippen molar-refractivity contribution < 1.29 is 18.7 Å². The number of para-hydroxylation sites is 1. The molecular formula is C20H17N3O4S. The molecule has 1 N–H and O–H groups in total. The first-order chi connectivity index (χ1) is 13.7. The van der Waals surface area contributed by atoms with Crippen molar-refractivity contribution in [3.8, 4) is 23.0 Å². The van der Waals surface area contributed by atoms with Crippen LogP contribution in [0.15, 0.2) is 58.3 Å². The molecule has 2 heterocycles. The van der Waals surface area contributed by atoms with Gasteiger partial charge >= 0.3 is 0 Å². The van der Waals surface area contributed by atoms with Crippen LogP contribution in [0.25, 0.3) is 22.4 Å². The van der Waals surface area contributed by atoms with Crippen LogP contribution in [0.1, 0.15) is 10.4 Å². The predicted molar refractivity (Wildman–Crippen MR) is 106 cm³/mol. The van der Waals surface area contributed by atoms with Gasteiger partial charge in [-0.25, -0.2) is 0 Å². The quantitative estimate of drug-likeness (QED) is 0.370. The highest BCUT2D eigenvalue weighted by Crippen LogP contribution is 2.31. The third kappa shape index (κ3) is 3.59. The Bertz CT molecular complexity index is 1110. The topological polar surface area (TPSA) is 90.2 Å². The maximum Gasteiger partial charge on any atom is 0.277 e. The Balaban J connectivity index is 1.49. The number of ether oxygens (including phenoxy) is 2. The van der Waals surface area contributed by atoms with Crippen LogP contribution in [0.4, 0.5) is 0 Å². The standard InChI is InChI=1S/C20H17N3O4S/c1-25-13-7-12(8-14(9-13)26-2)19-22-23-20(27-19)28-11-18(24)16-10-21-17-6-4-3-5-15(16)17/h3-10,21H,11H2,1-2H3. The summed E-state index contributed by atoms with van der Waals surface area (Å²) in [4.78, 5) is 15.7. The Morgan fingerprint density at radius 1 is 1.11 bits per heavy atom. The number of Topliss-reactive ketones (excluding diaryl/α,β-unsaturated/α-hetero) is 1. The molecule has 4 aromatic rings. The minimum Gasteiger partial charge on any atom is -0.497 e. The molecule has 0 fully saturated rings. The van der Waals surface area contributed by atoms with E-state index in [1.807, 2.05) is 24.3 Å². The second-order valence-electron chi connectivity index (χ2n) is 5.93. The van der Waals surface area contributed by atoms with E-state index in [2.05, 4.69) is 15.2 Å². The molecule has 8 heteroatoms. The van der Waals surface area contributed by atoms with Gasteiger partial charge in [-0.2, -0.15) is 0 Å². The molecule has 0 spiro atoms. The number of fused-ring (bicyclic) bond motifs is 1. The smallest absolute Gasteiger partial charge is 0.277 e. The first-order valence-electron chi connectivity index (χ1n) is 8.47. The van der Waals surface area contributed by atoms with Crippen molar-refractivity contribution in [2.75, 3.05) is 20.0 Å². The number of rotatable bonds is 7. The van der Waals surface area contributed by atoms with Gasteiger partial charge in [0.25, 0.3) is 5.22 Å². The molecule has 0 aliphatic rings. The van der Waals surface area contributed by atoms with Crippen molar-refractivity contribution >= 4 is 28.4 Å². The molecule has 0 amide bonds. The summed E-state index contributed by atoms with van der Waals surface area (Å²) in [5, 5.41) is 9.32. The fourth-order valence-electron chi connectivity index (χ4n) is 2.82. The summed E-state index contributed by atoms with van der Waals surface area (Å²) in [6.07, 6.45) is 1.73. The van der Waals surface area contributed by atoms with Crippen LogP contribution in [0.2, 0.25) is 0 Å². The summed E-state index contributed by atoms with van der Waals surface area (Å²) < 4.78 is 16.2. The zero-order valence-corrected chi connectivity index (χ0v) is 16.1. The number of methoxy groups -OCH3 is 2. The van der Waals surface area contributed by atoms with Crippen LogP contribution in [-0.2, 0) is 0 Å². The molecule has 7 nitrogen and oxygen atoms in total. The molecule has 0 saturated carbocycles. The molecule has 0 unspecified atom stereocenters. The van der Waals surface area contributed by atoms with Crippen molar-refractivity contribution in [1.82, 2.24) is 15.2 Å². The van der Waals surface area contributed by atoms with E-state index >= 15 is 0 Å². The highest BCUT2D eigenvalue weighted by atomic mass is 32.2. The normalized spacial score (nSPS) is 10.9. The summed E-state index contributed by atoms with van der Waals surface area (Å²) in [6.45, 7) is 0. The average molecular weight is 395 g/mol. The third-order valence-corrected chi connectivity index (χ3v) is 5.04. The number of ketones is 1. The Morgan fingerprint density at radius 2 is 1.86 bits per heavy atom. The lowest BCUT2D eigenvalue weighted by Gasteiger charge is -2.05. The van der Waals surface area contributed by atoms with Gasteiger partial charge in [0, 0.05) is 34.3 Å². The monoisotopic (exact) mass is 395 g/mol. The highest BCUT2D eigenvalue weighted by molar-refractivity contribution is 7.99. The van der Waals surface area contributed by atoms with Gasteiger partial charge in [-0.05, 0) is 18.2 Å². The fourth-order valence-corrected chi connectivity index (χ4v) is 3.47. The molecule has 4 rings (SSSR count). The maximum atomic E-state index is 12.6. The fraction of sp³-hybridized carbons (Fsp3) is 0.150. The molecule has 28 heavy (non-hydrogen) atoms. The molecule has 2 aromatic heterocycles. The van der Waals surface area contributed by atoms with Crippen molar-refractivity contribution in [3.05, 3.63) is 54.2 Å². The van der Waals surface area contributed by atoms with Crippen LogP contribution in [0.5, 0.6) is 11.5 Å². The predicted octanol–water partition coefficient (Wildman–Crippen LogP) is 4.21. The number of benzene rings is 2. The van der Waals surface area contributed by atoms with Crippen molar-refractivity contribution in [2.24, 2.45) is 0 Å². The maximum absolute atomic E-state index is 12.6. The molecule has 0 saturated heterocycles. The summed E-state index contributed by atoms with van der Waals surface area (Å²) in [6, 6.07) is 13.0. The van der Waals surface area contributed by atoms with Crippen molar-refractivity contribution in [1.29, 1.82) is 0 Å². The largest absolute Gasteiger partial charge is 0.497 e. The Hall–Kier alpha value is -3.26. The SMILES string of the molecule is COc1cc(OC)cc(-c2nnc(SCC(=O)c3c[nH]c4ccccc34)o2)c1. The zero-order chi connectivity index (χ0) is 19.5. The highest BCUT2D eigenvalue weighted by Gasteiger charge is 2.16. The van der Waals surface area contributed by atoms with E-state index in [9.17, 15) is 4.79 Å². The van der Waals surface area contributed by atoms with E-state index in [1.165, 1.54) is 11.8 Å². The third-order valence-electron chi connectivity index (χ3n) is 4.22. The summed E-state index contributed by atoms with van der Waals surface area (Å²) in [5.41, 5.74) is 2.27. The van der Waals surface area contributed by atoms with Crippen LogP contribution in [0.3, 0.4) is 0 Å². The molecule has 0 radical (unpaired) electrons. The van der Waals surface area contributed by atoms with E-state index in [1.54, 1.807) is 38.6 Å². The van der Waals surface area contributed by atoms with Gasteiger partial charge in [-0.15, -0.1) is 10.2 Å². The Kier molecular flexibility index (Phi) is 5.03. The molecule has 2 aromatic carbocycles. The van der Waals surface area contributed by atoms with Crippen LogP contribution < -0.4 is 9.47 Å². The number of H-pyrrole nitrogens is 1. The van der Waals surface area contributed by atoms with Gasteiger partial charge in [0.1, 0.15) is 11.5 Å². The molecular weight excluding hydrogens is 378 g/mol. The number of hydrogen-bond acceptors (Lipinski definition) is 7. The summed E-state index contributed by atoms with van der Waals surface area (Å²) in [5.74, 6) is 1.77. The number of carbonyl (C=O) groups excluding carboxylic acids is 1. The lowest BCUT2D eigenvalue weighted by molar-refractivity contribution is 0.102. The number of nitrogens with one attached hydrogen (secondary N) is 1. The summed E-state index contributed by atoms with van der Waals surface area (Å²) in [7, 11) is 3.15. The number of carbonyl (C=O) groups is 1. The average Bonchev–Trinajstić information content (AvgIpc) is 3.39. The number of nitrogens with zero attached hydrogens (tertiary/aromatic N) is 2. The minimum atomic E-state index is -0.00903. The summed E-state index contributed by atoms with van der Waals surface area (Å²) >= 11 is 1.20. The number of thioether (sulfide) groups is 1. The van der Waals surface area contributed by atoms with Gasteiger partial charge in [0.15, 0.2) is 5.78 Å². The van der Waals surface area contributed by atoms with Crippen molar-refractivity contribution in [2.45, 2.75) is 5.22 Å². The van der Waals surface area contributed by atoms with Crippen LogP contribution >= 0.6 is 11.8 Å². The molecule has 142 valence electrons. The molecule has 0 atom stereocenters. The van der Waals surface area contributed by atoms with Gasteiger partial charge in [0.2, 0.25) is 5.89 Å². The van der Waals surface area contributed by atoms with E-state index in [0.717, 1.165) is 10.9 Å². The van der Waals surface area contributed by atoms with E-state index in [4.69, 9.17) is 13.9 Å². The lowest BCUT2D eigenvalue weighted by atomic mass is 10.1. The number of hydrogen-bond donors (Lipinski definition) is 1. The Labute approximate surface area is 165 Å². The van der Waals surface area contributed by atoms with Crippen LogP contribution in [0, 0.1) is 0 Å². The van der Waals surface area contributed by atoms with E-state index < -0.39 is 0 Å². The van der Waals surface area contributed by atoms with E-state index in [-0.39, 0.29) is 11.5 Å². The first kappa shape index (κ1) is 18.1. The van der Waals surface area contributed by atoms with Gasteiger partial charge < -0.3 is 18.9 Å². The molecule has 0 bridgehead atoms. The van der Waals surface area contributed by atoms with Gasteiger partial charge in [-0.1, -0.05) is 30.0 Å². The van der Waals surface area contributed by atoms with Crippen LogP contribution in [-0.4, -0.2) is 40.9 Å². The number of aromatic amines is 1. The van der Waals surface area contributed by atoms with Gasteiger partial charge in [-0.3, -0.25) is 4.79 Å². The second kappa shape index (κ2) is 7.77. The Morgan fingerprint density at radius 3 is 2.61 bits per heavy atom. The number of aromatic nitrogens is 3. The van der Waals surface area contributed by atoms with E-state index in [0.29, 0.717) is 33.7 Å². The lowest BCUT2D eigenvalue weighted by Crippen LogP contribution is -2.01. The molecule has 0 aliphatic carbocycles.